The maximum atomic E-state index is 13.8. The molecule has 2 amide bonds. The molecule has 0 spiro atoms. The van der Waals surface area contributed by atoms with Crippen molar-refractivity contribution in [3.05, 3.63) is 111 Å². The van der Waals surface area contributed by atoms with E-state index in [4.69, 9.17) is 21.3 Å². The van der Waals surface area contributed by atoms with Crippen molar-refractivity contribution >= 4 is 40.1 Å². The molecule has 8 rings (SSSR count). The largest absolute Gasteiger partial charge is 0.381 e. The van der Waals surface area contributed by atoms with E-state index in [9.17, 15) is 9.59 Å². The molecule has 4 N–H and O–H groups in total. The minimum atomic E-state index is -0.260. The zero-order chi connectivity index (χ0) is 38.8. The Morgan fingerprint density at radius 1 is 0.964 bits per heavy atom. The number of anilines is 1. The lowest BCUT2D eigenvalue weighted by Gasteiger charge is -2.27. The van der Waals surface area contributed by atoms with Crippen LogP contribution in [0.3, 0.4) is 0 Å². The number of pyridine rings is 1. The number of aryl methyl sites for hydroxylation is 3. The summed E-state index contributed by atoms with van der Waals surface area (Å²) in [6, 6.07) is 21.2. The lowest BCUT2D eigenvalue weighted by molar-refractivity contribution is 0.0904. The highest BCUT2D eigenvalue weighted by atomic mass is 35.5. The van der Waals surface area contributed by atoms with Crippen molar-refractivity contribution in [2.24, 2.45) is 0 Å². The Kier molecular flexibility index (Phi) is 11.4. The quantitative estimate of drug-likeness (QED) is 0.105. The van der Waals surface area contributed by atoms with Crippen LogP contribution in [0.15, 0.2) is 66.9 Å². The second kappa shape index (κ2) is 16.7. The fourth-order valence-electron chi connectivity index (χ4n) is 8.52. The third kappa shape index (κ3) is 8.18. The van der Waals surface area contributed by atoms with E-state index < -0.39 is 0 Å². The van der Waals surface area contributed by atoms with Crippen LogP contribution in [0.25, 0.3) is 22.2 Å². The van der Waals surface area contributed by atoms with Gasteiger partial charge in [0.05, 0.1) is 17.3 Å². The van der Waals surface area contributed by atoms with E-state index in [0.717, 1.165) is 82.7 Å². The van der Waals surface area contributed by atoms with Gasteiger partial charge in [0.15, 0.2) is 5.65 Å². The second-order valence-electron chi connectivity index (χ2n) is 15.4. The van der Waals surface area contributed by atoms with Crippen molar-refractivity contribution in [3.63, 3.8) is 0 Å². The molecule has 0 radical (unpaired) electrons. The van der Waals surface area contributed by atoms with Gasteiger partial charge >= 0.3 is 0 Å². The van der Waals surface area contributed by atoms with Gasteiger partial charge in [-0.2, -0.15) is 5.10 Å². The molecule has 5 heterocycles. The molecular formula is C44H51ClN8O3. The number of amides is 2. The molecule has 0 unspecified atom stereocenters. The molecule has 12 heteroatoms. The summed E-state index contributed by atoms with van der Waals surface area (Å²) in [6.45, 7) is 11.8. The van der Waals surface area contributed by atoms with Gasteiger partial charge in [-0.05, 0) is 98.2 Å². The van der Waals surface area contributed by atoms with Crippen LogP contribution in [0, 0.1) is 6.92 Å². The predicted molar refractivity (Wildman–Crippen MR) is 221 cm³/mol. The van der Waals surface area contributed by atoms with Gasteiger partial charge in [0.1, 0.15) is 0 Å². The van der Waals surface area contributed by atoms with Gasteiger partial charge in [-0.25, -0.2) is 9.67 Å². The molecule has 0 saturated carbocycles. The Balaban J connectivity index is 0.950. The molecule has 2 aromatic heterocycles. The Bertz CT molecular complexity index is 2250. The number of carbonyl (C=O) groups is 2. The Labute approximate surface area is 333 Å². The van der Waals surface area contributed by atoms with Crippen LogP contribution in [0.5, 0.6) is 0 Å². The zero-order valence-electron chi connectivity index (χ0n) is 32.5. The van der Waals surface area contributed by atoms with E-state index in [0.29, 0.717) is 61.0 Å². The fourth-order valence-corrected chi connectivity index (χ4v) is 8.74. The molecule has 0 aliphatic carbocycles. The number of piperazine rings is 1. The summed E-state index contributed by atoms with van der Waals surface area (Å²) in [5, 5.41) is 19.8. The Morgan fingerprint density at radius 3 is 2.46 bits per heavy atom. The molecule has 5 aromatic rings. The van der Waals surface area contributed by atoms with Gasteiger partial charge in [-0.3, -0.25) is 14.5 Å². The van der Waals surface area contributed by atoms with E-state index in [-0.39, 0.29) is 24.4 Å². The van der Waals surface area contributed by atoms with Gasteiger partial charge in [-0.1, -0.05) is 42.8 Å². The Hall–Kier alpha value is -4.81. The van der Waals surface area contributed by atoms with Gasteiger partial charge in [0.2, 0.25) is 0 Å². The first-order valence-electron chi connectivity index (χ1n) is 20.0. The SMILES string of the molecule is CCc1nc2c(cnn2CC)c(NC2CCOCC2)c1CNC(=O)c1cc(C)cc(C(=O)NCc2ccc(Cl)c(-c3cccc(CN4C[C@@H]5C[C@H]4CN5)c3)c2)c1. The molecule has 56 heavy (non-hydrogen) atoms. The average molecular weight is 775 g/mol. The number of ether oxygens (including phenoxy) is 1. The minimum Gasteiger partial charge on any atom is -0.381 e. The predicted octanol–water partition coefficient (Wildman–Crippen LogP) is 6.64. The summed E-state index contributed by atoms with van der Waals surface area (Å²) < 4.78 is 7.52. The first-order chi connectivity index (χ1) is 27.3. The molecule has 2 atom stereocenters. The topological polar surface area (TPSA) is 125 Å². The summed E-state index contributed by atoms with van der Waals surface area (Å²) in [7, 11) is 0. The number of hydrogen-bond acceptors (Lipinski definition) is 8. The van der Waals surface area contributed by atoms with E-state index >= 15 is 0 Å². The summed E-state index contributed by atoms with van der Waals surface area (Å²) in [4.78, 5) is 34.9. The van der Waals surface area contributed by atoms with Crippen molar-refractivity contribution in [1.82, 2.24) is 35.6 Å². The van der Waals surface area contributed by atoms with Crippen LogP contribution >= 0.6 is 11.6 Å². The highest BCUT2D eigenvalue weighted by molar-refractivity contribution is 6.33. The first-order valence-corrected chi connectivity index (χ1v) is 20.4. The molecule has 3 saturated heterocycles. The third-order valence-electron chi connectivity index (χ3n) is 11.5. The molecule has 11 nitrogen and oxygen atoms in total. The molecule has 292 valence electrons. The number of rotatable bonds is 13. The molecule has 3 fully saturated rings. The van der Waals surface area contributed by atoms with Crippen LogP contribution in [0.4, 0.5) is 5.69 Å². The van der Waals surface area contributed by atoms with Crippen molar-refractivity contribution in [2.45, 2.75) is 90.8 Å². The number of carbonyl (C=O) groups excluding carboxylic acids is 2. The van der Waals surface area contributed by atoms with Crippen LogP contribution in [-0.2, 0) is 37.3 Å². The number of fused-ring (bicyclic) bond motifs is 3. The van der Waals surface area contributed by atoms with Crippen LogP contribution in [0.2, 0.25) is 5.02 Å². The number of halogens is 1. The van der Waals surface area contributed by atoms with E-state index in [1.807, 2.05) is 48.1 Å². The minimum absolute atomic E-state index is 0.250. The highest BCUT2D eigenvalue weighted by Gasteiger charge is 2.37. The number of nitrogens with one attached hydrogen (secondary N) is 4. The molecule has 3 aliphatic heterocycles. The number of aromatic nitrogens is 3. The lowest BCUT2D eigenvalue weighted by atomic mass is 10.0. The lowest BCUT2D eigenvalue weighted by Crippen LogP contribution is -2.42. The molecular weight excluding hydrogens is 724 g/mol. The number of hydrogen-bond donors (Lipinski definition) is 4. The second-order valence-corrected chi connectivity index (χ2v) is 15.8. The van der Waals surface area contributed by atoms with Gasteiger partial charge in [0.25, 0.3) is 11.8 Å². The third-order valence-corrected chi connectivity index (χ3v) is 11.8. The standard InChI is InChI=1S/C44H51ClN8O3/c1-4-40-37(41(50-33-11-13-56-14-12-33)38-24-49-53(5-2)42(38)51-40)23-48-44(55)32-16-27(3)15-31(19-32)43(54)47-21-28-9-10-39(45)36(18-28)30-8-6-7-29(17-30)25-52-26-34-20-35(52)22-46-34/h6-10,15-19,24,33-35,46H,4-5,11-14,20-23,25-26H2,1-3H3,(H,47,54)(H,48,55)(H,50,51)/t34-,35-/m0/s1. The van der Waals surface area contributed by atoms with Crippen molar-refractivity contribution in [2.75, 3.05) is 31.6 Å². The van der Waals surface area contributed by atoms with Crippen LogP contribution in [0.1, 0.15) is 81.8 Å². The van der Waals surface area contributed by atoms with Gasteiger partial charge in [0, 0.05) is 104 Å². The summed E-state index contributed by atoms with van der Waals surface area (Å²) in [5.74, 6) is -0.515. The Morgan fingerprint density at radius 2 is 1.75 bits per heavy atom. The summed E-state index contributed by atoms with van der Waals surface area (Å²) >= 11 is 6.74. The maximum absolute atomic E-state index is 13.8. The summed E-state index contributed by atoms with van der Waals surface area (Å²) in [5.41, 5.74) is 9.53. The van der Waals surface area contributed by atoms with E-state index in [2.05, 4.69) is 69.4 Å². The maximum Gasteiger partial charge on any atom is 0.251 e. The summed E-state index contributed by atoms with van der Waals surface area (Å²) in [6.07, 6.45) is 5.60. The monoisotopic (exact) mass is 774 g/mol. The zero-order valence-corrected chi connectivity index (χ0v) is 33.2. The number of nitrogens with zero attached hydrogens (tertiary/aromatic N) is 4. The van der Waals surface area contributed by atoms with E-state index in [1.165, 1.54) is 12.0 Å². The molecule has 3 aliphatic rings. The number of benzene rings is 3. The highest BCUT2D eigenvalue weighted by Crippen LogP contribution is 2.33. The van der Waals surface area contributed by atoms with Crippen LogP contribution in [-0.4, -0.2) is 75.9 Å². The smallest absolute Gasteiger partial charge is 0.251 e. The van der Waals surface area contributed by atoms with Crippen molar-refractivity contribution < 1.29 is 14.3 Å². The average Bonchev–Trinajstić information content (AvgIpc) is 3.96. The van der Waals surface area contributed by atoms with E-state index in [1.54, 1.807) is 6.07 Å². The fraction of sp³-hybridized carbons (Fsp3) is 0.409. The first kappa shape index (κ1) is 38.1. The number of likely N-dealkylation sites (tertiary alicyclic amines) is 1. The van der Waals surface area contributed by atoms with Crippen molar-refractivity contribution in [1.29, 1.82) is 0 Å². The van der Waals surface area contributed by atoms with Crippen molar-refractivity contribution in [3.8, 4) is 11.1 Å². The normalized spacial score (nSPS) is 18.4. The van der Waals surface area contributed by atoms with Crippen LogP contribution < -0.4 is 21.3 Å². The van der Waals surface area contributed by atoms with Gasteiger partial charge < -0.3 is 26.0 Å². The van der Waals surface area contributed by atoms with Gasteiger partial charge in [-0.15, -0.1) is 0 Å². The molecule has 2 bridgehead atoms. The molecule has 3 aromatic carbocycles.